The van der Waals surface area contributed by atoms with Gasteiger partial charge in [0.15, 0.2) is 0 Å². The van der Waals surface area contributed by atoms with Crippen molar-refractivity contribution in [2.24, 2.45) is 0 Å². The van der Waals surface area contributed by atoms with Crippen molar-refractivity contribution in [1.29, 1.82) is 0 Å². The number of piperidine rings is 2. The quantitative estimate of drug-likeness (QED) is 0.444. The standard InChI is InChI=1S/C13H18NO.C12H15NO.HI/c1-14(9-7-13(15)8-10-14)11-12-5-3-2-4-6-12;14-12-6-8-13(9-7-12)10-11-4-2-1-3-5-11;/h2-6H,7-11H2,1H3;1-5H,6-10H2;1H/q+1;;/p-1. The van der Waals surface area contributed by atoms with Crippen LogP contribution in [0.2, 0.25) is 0 Å². The van der Waals surface area contributed by atoms with Gasteiger partial charge in [0.1, 0.15) is 18.1 Å². The van der Waals surface area contributed by atoms with Crippen molar-refractivity contribution in [3.05, 3.63) is 71.8 Å². The fourth-order valence-corrected chi connectivity index (χ4v) is 4.01. The van der Waals surface area contributed by atoms with Gasteiger partial charge in [-0.3, -0.25) is 14.5 Å². The van der Waals surface area contributed by atoms with Gasteiger partial charge in [0.2, 0.25) is 0 Å². The van der Waals surface area contributed by atoms with Crippen LogP contribution >= 0.6 is 0 Å². The maximum Gasteiger partial charge on any atom is 0.144 e. The van der Waals surface area contributed by atoms with E-state index in [0.29, 0.717) is 11.6 Å². The van der Waals surface area contributed by atoms with E-state index < -0.39 is 0 Å². The van der Waals surface area contributed by atoms with Crippen LogP contribution in [0.15, 0.2) is 60.7 Å². The number of Topliss-reactive ketones (excluding diaryl/α,β-unsaturated/α-hetero) is 2. The highest BCUT2D eigenvalue weighted by Gasteiger charge is 2.28. The Bertz CT molecular complexity index is 775. The number of likely N-dealkylation sites (tertiary alicyclic amines) is 2. The van der Waals surface area contributed by atoms with Gasteiger partial charge >= 0.3 is 0 Å². The van der Waals surface area contributed by atoms with Gasteiger partial charge in [0.25, 0.3) is 0 Å². The highest BCUT2D eigenvalue weighted by molar-refractivity contribution is 5.79. The van der Waals surface area contributed by atoms with Gasteiger partial charge in [0.05, 0.1) is 33.0 Å². The molecule has 0 unspecified atom stereocenters. The number of quaternary nitrogens is 1. The molecule has 0 amide bonds. The fourth-order valence-electron chi connectivity index (χ4n) is 4.01. The minimum atomic E-state index is 0. The van der Waals surface area contributed by atoms with Gasteiger partial charge in [-0.15, -0.1) is 0 Å². The number of halogens is 1. The average Bonchev–Trinajstić information content (AvgIpc) is 2.74. The zero-order chi connectivity index (χ0) is 20.5. The second kappa shape index (κ2) is 12.3. The third-order valence-corrected chi connectivity index (χ3v) is 5.93. The van der Waals surface area contributed by atoms with E-state index in [9.17, 15) is 9.59 Å². The molecule has 2 aliphatic heterocycles. The molecule has 0 spiro atoms. The highest BCUT2D eigenvalue weighted by atomic mass is 127. The number of carbonyl (C=O) groups is 2. The summed E-state index contributed by atoms with van der Waals surface area (Å²) in [6.45, 7) is 5.87. The predicted octanol–water partition coefficient (Wildman–Crippen LogP) is 0.852. The molecule has 0 N–H and O–H groups in total. The van der Waals surface area contributed by atoms with Crippen molar-refractivity contribution in [2.45, 2.75) is 38.8 Å². The van der Waals surface area contributed by atoms with Gasteiger partial charge in [0, 0.05) is 38.0 Å². The number of hydrogen-bond donors (Lipinski definition) is 0. The molecule has 5 heteroatoms. The van der Waals surface area contributed by atoms with Crippen LogP contribution in [0.25, 0.3) is 0 Å². The molecule has 162 valence electrons. The van der Waals surface area contributed by atoms with Crippen molar-refractivity contribution >= 4 is 11.6 Å². The van der Waals surface area contributed by atoms with E-state index in [0.717, 1.165) is 69.4 Å². The Kier molecular flexibility index (Phi) is 10.1. The number of ketones is 2. The van der Waals surface area contributed by atoms with E-state index in [4.69, 9.17) is 0 Å². The minimum Gasteiger partial charge on any atom is -1.00 e. The summed E-state index contributed by atoms with van der Waals surface area (Å²) >= 11 is 0. The Morgan fingerprint density at radius 2 is 1.20 bits per heavy atom. The number of rotatable bonds is 4. The summed E-state index contributed by atoms with van der Waals surface area (Å²) in [5.41, 5.74) is 2.70. The zero-order valence-electron chi connectivity index (χ0n) is 17.9. The fraction of sp³-hybridized carbons (Fsp3) is 0.440. The summed E-state index contributed by atoms with van der Waals surface area (Å²) < 4.78 is 1.01. The summed E-state index contributed by atoms with van der Waals surface area (Å²) in [5.74, 6) is 0.841. The Hall–Kier alpha value is -1.57. The predicted molar refractivity (Wildman–Crippen MR) is 116 cm³/mol. The van der Waals surface area contributed by atoms with Gasteiger partial charge in [-0.1, -0.05) is 60.7 Å². The second-order valence-electron chi connectivity index (χ2n) is 8.55. The third kappa shape index (κ3) is 8.28. The van der Waals surface area contributed by atoms with Crippen LogP contribution in [0.4, 0.5) is 0 Å². The van der Waals surface area contributed by atoms with Gasteiger partial charge in [-0.2, -0.15) is 0 Å². The number of nitrogens with zero attached hydrogens (tertiary/aromatic N) is 2. The van der Waals surface area contributed by atoms with Crippen LogP contribution in [-0.2, 0) is 22.7 Å². The first-order valence-electron chi connectivity index (χ1n) is 10.7. The van der Waals surface area contributed by atoms with Crippen LogP contribution in [0, 0.1) is 0 Å². The summed E-state index contributed by atoms with van der Waals surface area (Å²) in [5, 5.41) is 0. The van der Waals surface area contributed by atoms with Gasteiger partial charge < -0.3 is 28.5 Å². The molecular weight excluding hydrogens is 487 g/mol. The molecule has 2 heterocycles. The van der Waals surface area contributed by atoms with Crippen molar-refractivity contribution in [1.82, 2.24) is 4.90 Å². The topological polar surface area (TPSA) is 37.4 Å². The smallest absolute Gasteiger partial charge is 0.144 e. The van der Waals surface area contributed by atoms with E-state index in [1.165, 1.54) is 11.1 Å². The molecule has 2 saturated heterocycles. The molecule has 0 bridgehead atoms. The van der Waals surface area contributed by atoms with Gasteiger partial charge in [-0.25, -0.2) is 0 Å². The molecule has 0 radical (unpaired) electrons. The monoisotopic (exact) mass is 520 g/mol. The molecule has 0 aliphatic carbocycles. The summed E-state index contributed by atoms with van der Waals surface area (Å²) in [6, 6.07) is 21.0. The van der Waals surface area contributed by atoms with Crippen LogP contribution in [0.3, 0.4) is 0 Å². The first kappa shape index (κ1) is 24.7. The van der Waals surface area contributed by atoms with Crippen molar-refractivity contribution in [3.63, 3.8) is 0 Å². The first-order chi connectivity index (χ1) is 14.0. The average molecular weight is 520 g/mol. The minimum absolute atomic E-state index is 0. The van der Waals surface area contributed by atoms with Crippen LogP contribution in [0.1, 0.15) is 36.8 Å². The summed E-state index contributed by atoms with van der Waals surface area (Å²) in [7, 11) is 2.25. The van der Waals surface area contributed by atoms with E-state index in [-0.39, 0.29) is 24.0 Å². The molecule has 2 aromatic carbocycles. The largest absolute Gasteiger partial charge is 1.00 e. The number of hydrogen-bond acceptors (Lipinski definition) is 3. The number of benzene rings is 2. The molecule has 2 aromatic rings. The molecule has 0 atom stereocenters. The Morgan fingerprint density at radius 3 is 1.73 bits per heavy atom. The Balaban J connectivity index is 0.000000207. The molecule has 2 fully saturated rings. The normalized spacial score (nSPS) is 18.7. The Labute approximate surface area is 197 Å². The lowest BCUT2D eigenvalue weighted by Crippen LogP contribution is -3.00. The van der Waals surface area contributed by atoms with Crippen molar-refractivity contribution in [2.75, 3.05) is 33.2 Å². The summed E-state index contributed by atoms with van der Waals surface area (Å²) in [6.07, 6.45) is 2.96. The Morgan fingerprint density at radius 1 is 0.733 bits per heavy atom. The molecule has 30 heavy (non-hydrogen) atoms. The van der Waals surface area contributed by atoms with Crippen molar-refractivity contribution < 1.29 is 38.0 Å². The summed E-state index contributed by atoms with van der Waals surface area (Å²) in [4.78, 5) is 24.6. The molecule has 0 aromatic heterocycles. The molecule has 0 saturated carbocycles. The molecule has 2 aliphatic rings. The SMILES string of the molecule is C[N+]1(Cc2ccccc2)CCC(=O)CC1.O=C1CCN(Cc2ccccc2)CC1.[I-]. The van der Waals surface area contributed by atoms with Crippen LogP contribution in [0.5, 0.6) is 0 Å². The lowest BCUT2D eigenvalue weighted by molar-refractivity contribution is -0.923. The lowest BCUT2D eigenvalue weighted by Gasteiger charge is -2.37. The maximum absolute atomic E-state index is 11.2. The first-order valence-corrected chi connectivity index (χ1v) is 10.7. The van der Waals surface area contributed by atoms with E-state index in [1.54, 1.807) is 0 Å². The lowest BCUT2D eigenvalue weighted by atomic mass is 10.1. The van der Waals surface area contributed by atoms with Crippen molar-refractivity contribution in [3.8, 4) is 0 Å². The third-order valence-electron chi connectivity index (χ3n) is 5.93. The maximum atomic E-state index is 11.2. The molecule has 4 rings (SSSR count). The van der Waals surface area contributed by atoms with Crippen LogP contribution in [-0.4, -0.2) is 54.2 Å². The zero-order valence-corrected chi connectivity index (χ0v) is 20.1. The highest BCUT2D eigenvalue weighted by Crippen LogP contribution is 2.18. The van der Waals surface area contributed by atoms with Gasteiger partial charge in [-0.05, 0) is 5.56 Å². The van der Waals surface area contributed by atoms with Crippen LogP contribution < -0.4 is 24.0 Å². The van der Waals surface area contributed by atoms with E-state index in [1.807, 2.05) is 12.1 Å². The molecule has 4 nitrogen and oxygen atoms in total. The van der Waals surface area contributed by atoms with E-state index >= 15 is 0 Å². The second-order valence-corrected chi connectivity index (χ2v) is 8.55. The number of carbonyl (C=O) groups excluding carboxylic acids is 2. The molecular formula is C25H33IN2O2. The van der Waals surface area contributed by atoms with E-state index in [2.05, 4.69) is 60.5 Å².